The number of benzene rings is 1. The van der Waals surface area contributed by atoms with Gasteiger partial charge in [0.1, 0.15) is 11.6 Å². The van der Waals surface area contributed by atoms with Crippen LogP contribution in [0.25, 0.3) is 0 Å². The van der Waals surface area contributed by atoms with Gasteiger partial charge in [0.15, 0.2) is 0 Å². The third-order valence-corrected chi connectivity index (χ3v) is 5.57. The lowest BCUT2D eigenvalue weighted by atomic mass is 9.90. The van der Waals surface area contributed by atoms with Crippen molar-refractivity contribution in [2.24, 2.45) is 5.92 Å². The summed E-state index contributed by atoms with van der Waals surface area (Å²) in [7, 11) is 0. The highest BCUT2D eigenvalue weighted by atomic mass is 16.2. The predicted molar refractivity (Wildman–Crippen MR) is 103 cm³/mol. The summed E-state index contributed by atoms with van der Waals surface area (Å²) in [6.45, 7) is 3.43. The SMILES string of the molecule is N#C/C(=C/N1CCCCCC1)C(=O)N1CCC(Cc2ccccc2)CC1. The minimum absolute atomic E-state index is 0.0880. The molecule has 138 valence electrons. The predicted octanol–water partition coefficient (Wildman–Crippen LogP) is 3.75. The van der Waals surface area contributed by atoms with E-state index in [4.69, 9.17) is 0 Å². The van der Waals surface area contributed by atoms with Gasteiger partial charge < -0.3 is 9.80 Å². The Morgan fingerprint density at radius 3 is 2.31 bits per heavy atom. The van der Waals surface area contributed by atoms with Gasteiger partial charge in [-0.25, -0.2) is 0 Å². The molecule has 0 aromatic heterocycles. The molecule has 0 bridgehead atoms. The quantitative estimate of drug-likeness (QED) is 0.613. The van der Waals surface area contributed by atoms with Crippen molar-refractivity contribution in [2.75, 3.05) is 26.2 Å². The van der Waals surface area contributed by atoms with Crippen LogP contribution in [0.4, 0.5) is 0 Å². The molecule has 2 heterocycles. The number of amides is 1. The van der Waals surface area contributed by atoms with Crippen molar-refractivity contribution in [3.05, 3.63) is 47.7 Å². The molecule has 3 rings (SSSR count). The first-order valence-corrected chi connectivity index (χ1v) is 9.95. The van der Waals surface area contributed by atoms with Crippen LogP contribution < -0.4 is 0 Å². The molecule has 4 nitrogen and oxygen atoms in total. The summed E-state index contributed by atoms with van der Waals surface area (Å²) in [4.78, 5) is 16.8. The Balaban J connectivity index is 1.54. The number of nitriles is 1. The van der Waals surface area contributed by atoms with Gasteiger partial charge >= 0.3 is 0 Å². The fourth-order valence-corrected chi connectivity index (χ4v) is 4.00. The molecule has 0 aliphatic carbocycles. The Hall–Kier alpha value is -2.28. The molecule has 2 aliphatic heterocycles. The normalized spacial score (nSPS) is 19.7. The van der Waals surface area contributed by atoms with Crippen LogP contribution in [0.2, 0.25) is 0 Å². The topological polar surface area (TPSA) is 47.3 Å². The Morgan fingerprint density at radius 2 is 1.69 bits per heavy atom. The van der Waals surface area contributed by atoms with Crippen molar-refractivity contribution < 1.29 is 4.79 Å². The first-order valence-electron chi connectivity index (χ1n) is 9.95. The molecule has 2 saturated heterocycles. The van der Waals surface area contributed by atoms with Crippen molar-refractivity contribution >= 4 is 5.91 Å². The van der Waals surface area contributed by atoms with E-state index in [2.05, 4.69) is 35.2 Å². The smallest absolute Gasteiger partial charge is 0.266 e. The maximum atomic E-state index is 12.8. The molecule has 4 heteroatoms. The van der Waals surface area contributed by atoms with Gasteiger partial charge in [0.2, 0.25) is 0 Å². The maximum Gasteiger partial charge on any atom is 0.266 e. The molecule has 0 N–H and O–H groups in total. The highest BCUT2D eigenvalue weighted by Crippen LogP contribution is 2.23. The van der Waals surface area contributed by atoms with E-state index >= 15 is 0 Å². The molecule has 1 amide bonds. The van der Waals surface area contributed by atoms with Crippen molar-refractivity contribution in [1.82, 2.24) is 9.80 Å². The average molecular weight is 351 g/mol. The number of hydrogen-bond donors (Lipinski definition) is 0. The van der Waals surface area contributed by atoms with E-state index < -0.39 is 0 Å². The Bertz CT molecular complexity index is 646. The molecule has 0 spiro atoms. The lowest BCUT2D eigenvalue weighted by molar-refractivity contribution is -0.128. The molecular formula is C22H29N3O. The summed E-state index contributed by atoms with van der Waals surface area (Å²) in [5, 5.41) is 9.48. The Morgan fingerprint density at radius 1 is 1.04 bits per heavy atom. The summed E-state index contributed by atoms with van der Waals surface area (Å²) in [6, 6.07) is 12.7. The minimum Gasteiger partial charge on any atom is -0.376 e. The van der Waals surface area contributed by atoms with Crippen LogP contribution in [0.15, 0.2) is 42.1 Å². The van der Waals surface area contributed by atoms with Crippen LogP contribution in [0.3, 0.4) is 0 Å². The number of nitrogens with zero attached hydrogens (tertiary/aromatic N) is 3. The number of likely N-dealkylation sites (tertiary alicyclic amines) is 2. The van der Waals surface area contributed by atoms with Crippen LogP contribution in [0, 0.1) is 17.2 Å². The highest BCUT2D eigenvalue weighted by molar-refractivity contribution is 5.97. The number of rotatable bonds is 4. The summed E-state index contributed by atoms with van der Waals surface area (Å²) in [5.41, 5.74) is 1.67. The largest absolute Gasteiger partial charge is 0.376 e. The van der Waals surface area contributed by atoms with Crippen LogP contribution in [0.5, 0.6) is 0 Å². The van der Waals surface area contributed by atoms with Crippen LogP contribution in [-0.2, 0) is 11.2 Å². The number of carbonyl (C=O) groups is 1. The van der Waals surface area contributed by atoms with Gasteiger partial charge in [-0.05, 0) is 43.6 Å². The minimum atomic E-state index is -0.0880. The summed E-state index contributed by atoms with van der Waals surface area (Å²) >= 11 is 0. The molecule has 1 aromatic carbocycles. The highest BCUT2D eigenvalue weighted by Gasteiger charge is 2.25. The van der Waals surface area contributed by atoms with Gasteiger partial charge in [0.05, 0.1) is 0 Å². The van der Waals surface area contributed by atoms with E-state index in [0.29, 0.717) is 11.5 Å². The van der Waals surface area contributed by atoms with E-state index in [9.17, 15) is 10.1 Å². The first kappa shape index (κ1) is 18.5. The summed E-state index contributed by atoms with van der Waals surface area (Å²) in [5.74, 6) is 0.538. The molecule has 2 aliphatic rings. The molecule has 0 radical (unpaired) electrons. The molecule has 26 heavy (non-hydrogen) atoms. The van der Waals surface area contributed by atoms with Crippen molar-refractivity contribution in [3.8, 4) is 6.07 Å². The molecular weight excluding hydrogens is 322 g/mol. The maximum absolute atomic E-state index is 12.8. The molecule has 0 saturated carbocycles. The molecule has 2 fully saturated rings. The zero-order valence-corrected chi connectivity index (χ0v) is 15.6. The molecule has 0 atom stereocenters. The van der Waals surface area contributed by atoms with Gasteiger partial charge in [-0.3, -0.25) is 4.79 Å². The van der Waals surface area contributed by atoms with Gasteiger partial charge in [-0.1, -0.05) is 43.2 Å². The summed E-state index contributed by atoms with van der Waals surface area (Å²) < 4.78 is 0. The number of piperidine rings is 1. The van der Waals surface area contributed by atoms with E-state index in [1.54, 1.807) is 0 Å². The second kappa shape index (κ2) is 9.43. The van der Waals surface area contributed by atoms with Crippen molar-refractivity contribution in [2.45, 2.75) is 44.9 Å². The zero-order valence-electron chi connectivity index (χ0n) is 15.6. The monoisotopic (exact) mass is 351 g/mol. The Labute approximate surface area is 157 Å². The number of carbonyl (C=O) groups excluding carboxylic acids is 1. The molecule has 0 unspecified atom stereocenters. The summed E-state index contributed by atoms with van der Waals surface area (Å²) in [6.07, 6.45) is 9.71. The van der Waals surface area contributed by atoms with Crippen LogP contribution in [0.1, 0.15) is 44.1 Å². The number of hydrogen-bond acceptors (Lipinski definition) is 3. The molecule has 1 aromatic rings. The van der Waals surface area contributed by atoms with Gasteiger partial charge in [0.25, 0.3) is 5.91 Å². The first-order chi connectivity index (χ1) is 12.8. The average Bonchev–Trinajstić information content (AvgIpc) is 2.96. The zero-order chi connectivity index (χ0) is 18.2. The third kappa shape index (κ3) is 5.11. The van der Waals surface area contributed by atoms with Crippen LogP contribution in [-0.4, -0.2) is 41.9 Å². The van der Waals surface area contributed by atoms with Crippen molar-refractivity contribution in [1.29, 1.82) is 5.26 Å². The standard InChI is InChI=1S/C22H29N3O/c23-17-21(18-24-12-6-1-2-7-13-24)22(26)25-14-10-20(11-15-25)16-19-8-4-3-5-9-19/h3-5,8-9,18,20H,1-2,6-7,10-16H2/b21-18-. The fraction of sp³-hybridized carbons (Fsp3) is 0.545. The van der Waals surface area contributed by atoms with Crippen molar-refractivity contribution in [3.63, 3.8) is 0 Å². The Kier molecular flexibility index (Phi) is 6.71. The van der Waals surface area contributed by atoms with Gasteiger partial charge in [-0.2, -0.15) is 5.26 Å². The van der Waals surface area contributed by atoms with E-state index in [0.717, 1.165) is 58.3 Å². The third-order valence-electron chi connectivity index (χ3n) is 5.57. The fourth-order valence-electron chi connectivity index (χ4n) is 4.00. The van der Waals surface area contributed by atoms with Crippen LogP contribution >= 0.6 is 0 Å². The lowest BCUT2D eigenvalue weighted by Gasteiger charge is -2.32. The lowest BCUT2D eigenvalue weighted by Crippen LogP contribution is -2.40. The van der Waals surface area contributed by atoms with E-state index in [1.807, 2.05) is 17.2 Å². The van der Waals surface area contributed by atoms with Gasteiger partial charge in [0, 0.05) is 32.4 Å². The van der Waals surface area contributed by atoms with E-state index in [1.165, 1.54) is 18.4 Å². The second-order valence-corrected chi connectivity index (χ2v) is 7.53. The van der Waals surface area contributed by atoms with E-state index in [-0.39, 0.29) is 5.91 Å². The van der Waals surface area contributed by atoms with Gasteiger partial charge in [-0.15, -0.1) is 0 Å². The second-order valence-electron chi connectivity index (χ2n) is 7.53.